The van der Waals surface area contributed by atoms with Crippen LogP contribution in [-0.4, -0.2) is 12.7 Å². The third kappa shape index (κ3) is 11.4. The third-order valence-corrected chi connectivity index (χ3v) is 16.8. The van der Waals surface area contributed by atoms with Crippen LogP contribution in [0.1, 0.15) is 37.3 Å². The zero-order chi connectivity index (χ0) is 38.0. The molecule has 6 aromatic carbocycles. The molecule has 0 aromatic heterocycles. The smallest absolute Gasteiger partial charge is 0.311 e. The van der Waals surface area contributed by atoms with E-state index in [1.54, 1.807) is 0 Å². The third-order valence-electron chi connectivity index (χ3n) is 9.55. The Morgan fingerprint density at radius 3 is 1.07 bits per heavy atom. The van der Waals surface area contributed by atoms with Gasteiger partial charge in [0.2, 0.25) is 0 Å². The number of aryl methyl sites for hydroxylation is 2. The normalized spacial score (nSPS) is 11.7. The number of nitrogens with zero attached hydrogens (tertiary/aromatic N) is 2. The highest BCUT2D eigenvalue weighted by Crippen LogP contribution is 2.38. The molecule has 0 saturated carbocycles. The number of para-hydroxylation sites is 2. The van der Waals surface area contributed by atoms with Crippen LogP contribution in [0.2, 0.25) is 18.1 Å². The molecule has 6 rings (SSSR count). The summed E-state index contributed by atoms with van der Waals surface area (Å²) in [7, 11) is 0. The summed E-state index contributed by atoms with van der Waals surface area (Å²) in [6.07, 6.45) is 4.81. The predicted octanol–water partition coefficient (Wildman–Crippen LogP) is 16.1. The fourth-order valence-electron chi connectivity index (χ4n) is 6.81. The van der Waals surface area contributed by atoms with E-state index in [2.05, 4.69) is 168 Å². The maximum atomic E-state index is 6.63. The molecule has 0 atom stereocenters. The largest absolute Gasteiger partial charge is 0.341 e. The summed E-state index contributed by atoms with van der Waals surface area (Å²) in [6.45, 7) is 0.0276. The molecule has 6 aromatic rings. The van der Waals surface area contributed by atoms with E-state index >= 15 is 0 Å². The zero-order valence-electron chi connectivity index (χ0n) is 30.5. The number of hydrogen-bond donors (Lipinski definition) is 0. The lowest BCUT2D eigenvalue weighted by molar-refractivity contribution is 0.901. The number of rotatable bonds is 17. The van der Waals surface area contributed by atoms with Crippen molar-refractivity contribution in [3.63, 3.8) is 0 Å². The maximum Gasteiger partial charge on any atom is 0.341 e. The number of benzene rings is 6. The topological polar surface area (TPSA) is 6.48 Å². The van der Waals surface area contributed by atoms with Gasteiger partial charge in [-0.15, -0.1) is 55.4 Å². The van der Waals surface area contributed by atoms with E-state index in [4.69, 9.17) is 55.4 Å². The van der Waals surface area contributed by atoms with Gasteiger partial charge in [0.05, 0.1) is 0 Å². The molecule has 0 N–H and O–H groups in total. The van der Waals surface area contributed by atoms with Crippen molar-refractivity contribution in [3.05, 3.63) is 169 Å². The molecule has 0 saturated heterocycles. The van der Waals surface area contributed by atoms with Crippen molar-refractivity contribution in [2.75, 3.05) is 9.80 Å². The van der Waals surface area contributed by atoms with Gasteiger partial charge in [-0.05, 0) is 139 Å². The minimum absolute atomic E-state index is 0.663. The molecule has 0 aliphatic rings. The second-order valence-electron chi connectivity index (χ2n) is 13.7. The Labute approximate surface area is 346 Å². The zero-order valence-corrected chi connectivity index (χ0v) is 36.2. The Kier molecular flexibility index (Phi) is 14.3. The average molecular weight is 847 g/mol. The van der Waals surface area contributed by atoms with Crippen molar-refractivity contribution in [1.82, 2.24) is 0 Å². The van der Waals surface area contributed by atoms with Crippen molar-refractivity contribution in [1.29, 1.82) is 0 Å². The Morgan fingerprint density at radius 2 is 0.722 bits per heavy atom. The van der Waals surface area contributed by atoms with Crippen LogP contribution >= 0.6 is 55.4 Å². The van der Waals surface area contributed by atoms with Gasteiger partial charge in [0, 0.05) is 34.1 Å². The summed E-state index contributed by atoms with van der Waals surface area (Å²) < 4.78 is 0. The molecule has 0 fully saturated rings. The van der Waals surface area contributed by atoms with Crippen LogP contribution in [0.3, 0.4) is 0 Å². The van der Waals surface area contributed by atoms with E-state index in [1.807, 2.05) is 6.07 Å². The highest BCUT2D eigenvalue weighted by molar-refractivity contribution is 7.64. The van der Waals surface area contributed by atoms with Crippen LogP contribution in [0.4, 0.5) is 34.1 Å². The van der Waals surface area contributed by atoms with Gasteiger partial charge in [-0.3, -0.25) is 0 Å². The lowest BCUT2D eigenvalue weighted by atomic mass is 10.0. The standard InChI is InChI=1S/C45H45Cl5N2Si2/c1-2-33-53(46,47)34-9-11-36-17-25-42(26-18-36)51(40-13-5-3-6-14-40)44-29-21-38(22-30-44)39-23-31-45(32-24-39)52(41-15-7-4-8-16-41)43-27-19-37(20-28-43)12-10-35-54(48,49)50/h3-8,13-32H,2,9-12,33-35H2,1H3. The molecule has 0 radical (unpaired) electrons. The van der Waals surface area contributed by atoms with E-state index in [0.717, 1.165) is 89.4 Å². The van der Waals surface area contributed by atoms with Gasteiger partial charge in [0.1, 0.15) is 0 Å². The van der Waals surface area contributed by atoms with Crippen LogP contribution in [0.15, 0.2) is 158 Å². The molecular formula is C45H45Cl5N2Si2. The summed E-state index contributed by atoms with van der Waals surface area (Å²) in [4.78, 5) is 4.59. The SMILES string of the molecule is CCC[Si](Cl)(Cl)CCCc1ccc(N(c2ccccc2)c2ccc(-c3ccc(N(c4ccccc4)c4ccc(CCC[Si](Cl)(Cl)Cl)cc4)cc3)cc2)cc1. The molecule has 0 aliphatic carbocycles. The van der Waals surface area contributed by atoms with E-state index in [0.29, 0.717) is 6.04 Å². The fourth-order valence-corrected chi connectivity index (χ4v) is 12.2. The van der Waals surface area contributed by atoms with E-state index in [9.17, 15) is 0 Å². The van der Waals surface area contributed by atoms with Gasteiger partial charge >= 0.3 is 6.00 Å². The number of hydrogen-bond acceptors (Lipinski definition) is 2. The minimum atomic E-state index is -2.60. The Hall–Kier alpha value is -3.20. The molecule has 0 spiro atoms. The lowest BCUT2D eigenvalue weighted by Gasteiger charge is -2.26. The summed E-state index contributed by atoms with van der Waals surface area (Å²) in [5, 5.41) is 0. The molecule has 2 nitrogen and oxygen atoms in total. The monoisotopic (exact) mass is 844 g/mol. The molecular weight excluding hydrogens is 802 g/mol. The molecule has 9 heteroatoms. The fraction of sp³-hybridized carbons (Fsp3) is 0.200. The molecule has 54 heavy (non-hydrogen) atoms. The average Bonchev–Trinajstić information content (AvgIpc) is 3.17. The first-order valence-electron chi connectivity index (χ1n) is 18.6. The number of halogens is 5. The molecule has 0 heterocycles. The lowest BCUT2D eigenvalue weighted by Crippen LogP contribution is -2.18. The maximum absolute atomic E-state index is 6.63. The Morgan fingerprint density at radius 1 is 0.389 bits per heavy atom. The van der Waals surface area contributed by atoms with Gasteiger partial charge < -0.3 is 9.80 Å². The van der Waals surface area contributed by atoms with Crippen molar-refractivity contribution >= 4 is 102 Å². The predicted molar refractivity (Wildman–Crippen MR) is 243 cm³/mol. The number of anilines is 6. The summed E-state index contributed by atoms with van der Waals surface area (Å²) >= 11 is 31.6. The molecule has 278 valence electrons. The van der Waals surface area contributed by atoms with Gasteiger partial charge in [-0.2, -0.15) is 0 Å². The van der Waals surface area contributed by atoms with Crippen LogP contribution in [0, 0.1) is 0 Å². The highest BCUT2D eigenvalue weighted by atomic mass is 35.8. The van der Waals surface area contributed by atoms with Crippen LogP contribution < -0.4 is 9.80 Å². The highest BCUT2D eigenvalue weighted by Gasteiger charge is 2.26. The van der Waals surface area contributed by atoms with E-state index in [1.165, 1.54) is 11.1 Å². The second-order valence-corrected chi connectivity index (χ2v) is 30.6. The summed E-state index contributed by atoms with van der Waals surface area (Å²) in [5.41, 5.74) is 11.5. The van der Waals surface area contributed by atoms with Gasteiger partial charge in [-0.25, -0.2) is 0 Å². The molecule has 0 unspecified atom stereocenters. The Balaban J connectivity index is 1.19. The second kappa shape index (κ2) is 19.1. The van der Waals surface area contributed by atoms with Gasteiger partial charge in [0.25, 0.3) is 6.69 Å². The summed E-state index contributed by atoms with van der Waals surface area (Å²) in [6, 6.07) is 56.2. The first-order valence-corrected chi connectivity index (χ1v) is 28.3. The quantitative estimate of drug-likeness (QED) is 0.0666. The van der Waals surface area contributed by atoms with Crippen molar-refractivity contribution in [3.8, 4) is 11.1 Å². The minimum Gasteiger partial charge on any atom is -0.311 e. The Bertz CT molecular complexity index is 2020. The molecule has 0 aliphatic heterocycles. The van der Waals surface area contributed by atoms with Crippen LogP contribution in [0.25, 0.3) is 11.1 Å². The first-order chi connectivity index (χ1) is 26.1. The van der Waals surface area contributed by atoms with Crippen molar-refractivity contribution in [2.45, 2.75) is 57.2 Å². The molecule has 0 amide bonds. The van der Waals surface area contributed by atoms with Crippen molar-refractivity contribution in [2.24, 2.45) is 0 Å². The first kappa shape index (κ1) is 40.5. The van der Waals surface area contributed by atoms with E-state index < -0.39 is 12.7 Å². The van der Waals surface area contributed by atoms with Crippen LogP contribution in [-0.2, 0) is 12.8 Å². The van der Waals surface area contributed by atoms with Gasteiger partial charge in [0.15, 0.2) is 0 Å². The van der Waals surface area contributed by atoms with Crippen LogP contribution in [0.5, 0.6) is 0 Å². The molecule has 0 bridgehead atoms. The van der Waals surface area contributed by atoms with E-state index in [-0.39, 0.29) is 0 Å². The van der Waals surface area contributed by atoms with Gasteiger partial charge in [-0.1, -0.05) is 98.3 Å². The summed E-state index contributed by atoms with van der Waals surface area (Å²) in [5.74, 6) is 0. The van der Waals surface area contributed by atoms with Crippen molar-refractivity contribution < 1.29 is 0 Å².